The third-order valence-corrected chi connectivity index (χ3v) is 6.17. The van der Waals surface area contributed by atoms with Crippen LogP contribution in [-0.4, -0.2) is 11.8 Å². The van der Waals surface area contributed by atoms with Gasteiger partial charge in [0.05, 0.1) is 5.56 Å². The summed E-state index contributed by atoms with van der Waals surface area (Å²) < 4.78 is 0. The van der Waals surface area contributed by atoms with Crippen molar-refractivity contribution in [2.75, 3.05) is 5.32 Å². The summed E-state index contributed by atoms with van der Waals surface area (Å²) in [6.45, 7) is 4.28. The fourth-order valence-corrected chi connectivity index (χ4v) is 4.93. The van der Waals surface area contributed by atoms with Crippen LogP contribution in [0.2, 0.25) is 0 Å². The fraction of sp³-hybridized carbons (Fsp3) is 0.429. The van der Waals surface area contributed by atoms with Crippen LogP contribution in [0.5, 0.6) is 0 Å². The number of rotatable bonds is 6. The van der Waals surface area contributed by atoms with Crippen LogP contribution >= 0.6 is 11.3 Å². The Kier molecular flexibility index (Phi) is 5.77. The highest BCUT2D eigenvalue weighted by Gasteiger charge is 2.27. The third kappa shape index (κ3) is 4.33. The molecule has 2 amide bonds. The molecular formula is C21H26N2O2S. The first kappa shape index (κ1) is 18.6. The van der Waals surface area contributed by atoms with Gasteiger partial charge in [-0.05, 0) is 56.1 Å². The standard InChI is InChI=1S/C21H26N2O2S/c1-13-6-9-15(10-7-13)4-3-5-18(24)23-21-19(20(22)25)16-11-8-14(2)12-17(16)26-21/h6-7,9-10,14H,3-5,8,11-12H2,1-2H3,(H2,22,25)(H,23,24). The number of hydrogen-bond acceptors (Lipinski definition) is 3. The lowest BCUT2D eigenvalue weighted by Gasteiger charge is -2.18. The van der Waals surface area contributed by atoms with Gasteiger partial charge < -0.3 is 11.1 Å². The van der Waals surface area contributed by atoms with Crippen molar-refractivity contribution >= 4 is 28.2 Å². The molecular weight excluding hydrogens is 344 g/mol. The largest absolute Gasteiger partial charge is 0.365 e. The molecule has 0 fully saturated rings. The van der Waals surface area contributed by atoms with Crippen LogP contribution < -0.4 is 11.1 Å². The maximum atomic E-state index is 12.4. The molecule has 1 atom stereocenters. The number of nitrogens with two attached hydrogens (primary N) is 1. The number of fused-ring (bicyclic) bond motifs is 1. The number of aryl methyl sites for hydroxylation is 2. The number of anilines is 1. The van der Waals surface area contributed by atoms with Crippen LogP contribution in [0.15, 0.2) is 24.3 Å². The van der Waals surface area contributed by atoms with Gasteiger partial charge in [-0.1, -0.05) is 36.8 Å². The minimum absolute atomic E-state index is 0.0498. The monoisotopic (exact) mass is 370 g/mol. The summed E-state index contributed by atoms with van der Waals surface area (Å²) >= 11 is 1.52. The zero-order chi connectivity index (χ0) is 18.7. The molecule has 1 aromatic heterocycles. The first-order chi connectivity index (χ1) is 12.4. The van der Waals surface area contributed by atoms with Gasteiger partial charge in [-0.25, -0.2) is 0 Å². The molecule has 0 aliphatic heterocycles. The van der Waals surface area contributed by atoms with E-state index in [1.54, 1.807) is 0 Å². The number of hydrogen-bond donors (Lipinski definition) is 2. The van der Waals surface area contributed by atoms with E-state index in [4.69, 9.17) is 5.73 Å². The van der Waals surface area contributed by atoms with E-state index < -0.39 is 5.91 Å². The number of thiophene rings is 1. The van der Waals surface area contributed by atoms with Crippen molar-refractivity contribution in [1.29, 1.82) is 0 Å². The van der Waals surface area contributed by atoms with Crippen LogP contribution in [0, 0.1) is 12.8 Å². The average molecular weight is 371 g/mol. The van der Waals surface area contributed by atoms with E-state index in [1.165, 1.54) is 27.3 Å². The van der Waals surface area contributed by atoms with Gasteiger partial charge in [0.1, 0.15) is 5.00 Å². The number of primary amides is 1. The first-order valence-corrected chi connectivity index (χ1v) is 10.1. The van der Waals surface area contributed by atoms with Crippen LogP contribution in [0.25, 0.3) is 0 Å². The highest BCUT2D eigenvalue weighted by Crippen LogP contribution is 2.39. The predicted octanol–water partition coefficient (Wildman–Crippen LogP) is 4.24. The van der Waals surface area contributed by atoms with Gasteiger partial charge in [0.25, 0.3) is 5.91 Å². The fourth-order valence-electron chi connectivity index (χ4n) is 3.50. The molecule has 0 radical (unpaired) electrons. The molecule has 1 heterocycles. The Bertz CT molecular complexity index is 808. The molecule has 26 heavy (non-hydrogen) atoms. The van der Waals surface area contributed by atoms with Crippen molar-refractivity contribution in [1.82, 2.24) is 0 Å². The zero-order valence-electron chi connectivity index (χ0n) is 15.4. The maximum absolute atomic E-state index is 12.4. The van der Waals surface area contributed by atoms with Crippen molar-refractivity contribution in [2.45, 2.75) is 52.4 Å². The van der Waals surface area contributed by atoms with Gasteiger partial charge in [0.2, 0.25) is 5.91 Å². The lowest BCUT2D eigenvalue weighted by atomic mass is 9.88. The zero-order valence-corrected chi connectivity index (χ0v) is 16.2. The summed E-state index contributed by atoms with van der Waals surface area (Å²) in [5.74, 6) is 0.123. The molecule has 4 nitrogen and oxygen atoms in total. The second kappa shape index (κ2) is 8.04. The molecule has 3 N–H and O–H groups in total. The Labute approximate surface area is 158 Å². The van der Waals surface area contributed by atoms with Crippen LogP contribution in [-0.2, 0) is 24.1 Å². The first-order valence-electron chi connectivity index (χ1n) is 9.23. The Morgan fingerprint density at radius 3 is 2.69 bits per heavy atom. The van der Waals surface area contributed by atoms with Crippen molar-refractivity contribution in [3.8, 4) is 0 Å². The second-order valence-corrected chi connectivity index (χ2v) is 8.41. The molecule has 1 aliphatic carbocycles. The average Bonchev–Trinajstić information content (AvgIpc) is 2.93. The van der Waals surface area contributed by atoms with E-state index in [-0.39, 0.29) is 5.91 Å². The molecule has 138 valence electrons. The number of amides is 2. The molecule has 0 saturated heterocycles. The summed E-state index contributed by atoms with van der Waals surface area (Å²) in [6.07, 6.45) is 4.98. The molecule has 0 spiro atoms. The molecule has 1 aliphatic rings. The minimum atomic E-state index is -0.438. The molecule has 5 heteroatoms. The molecule has 1 aromatic carbocycles. The Morgan fingerprint density at radius 2 is 2.00 bits per heavy atom. The van der Waals surface area contributed by atoms with Crippen molar-refractivity contribution in [3.05, 3.63) is 51.4 Å². The maximum Gasteiger partial charge on any atom is 0.251 e. The second-order valence-electron chi connectivity index (χ2n) is 7.31. The summed E-state index contributed by atoms with van der Waals surface area (Å²) in [4.78, 5) is 25.5. The SMILES string of the molecule is Cc1ccc(CCCC(=O)Nc2sc3c(c2C(N)=O)CCC(C)C3)cc1. The number of nitrogens with one attached hydrogen (secondary N) is 1. The summed E-state index contributed by atoms with van der Waals surface area (Å²) in [5, 5.41) is 3.57. The van der Waals surface area contributed by atoms with E-state index in [0.717, 1.165) is 37.7 Å². The van der Waals surface area contributed by atoms with Crippen LogP contribution in [0.3, 0.4) is 0 Å². The normalized spacial score (nSPS) is 16.2. The minimum Gasteiger partial charge on any atom is -0.365 e. The smallest absolute Gasteiger partial charge is 0.251 e. The van der Waals surface area contributed by atoms with Gasteiger partial charge in [0.15, 0.2) is 0 Å². The predicted molar refractivity (Wildman–Crippen MR) is 107 cm³/mol. The van der Waals surface area contributed by atoms with Gasteiger partial charge in [-0.3, -0.25) is 9.59 Å². The van der Waals surface area contributed by atoms with Gasteiger partial charge in [0, 0.05) is 11.3 Å². The molecule has 1 unspecified atom stereocenters. The molecule has 0 bridgehead atoms. The van der Waals surface area contributed by atoms with Crippen molar-refractivity contribution in [3.63, 3.8) is 0 Å². The van der Waals surface area contributed by atoms with Gasteiger partial charge in [-0.15, -0.1) is 11.3 Å². The van der Waals surface area contributed by atoms with E-state index in [9.17, 15) is 9.59 Å². The third-order valence-electron chi connectivity index (χ3n) is 5.00. The van der Waals surface area contributed by atoms with Crippen LogP contribution in [0.1, 0.15) is 58.1 Å². The molecule has 3 rings (SSSR count). The van der Waals surface area contributed by atoms with Gasteiger partial charge >= 0.3 is 0 Å². The number of carbonyl (C=O) groups excluding carboxylic acids is 2. The van der Waals surface area contributed by atoms with Crippen molar-refractivity contribution < 1.29 is 9.59 Å². The van der Waals surface area contributed by atoms with E-state index >= 15 is 0 Å². The summed E-state index contributed by atoms with van der Waals surface area (Å²) in [5.41, 5.74) is 9.66. The highest BCUT2D eigenvalue weighted by molar-refractivity contribution is 7.17. The van der Waals surface area contributed by atoms with E-state index in [2.05, 4.69) is 43.4 Å². The summed E-state index contributed by atoms with van der Waals surface area (Å²) in [7, 11) is 0. The Balaban J connectivity index is 1.62. The molecule has 2 aromatic rings. The molecule has 0 saturated carbocycles. The lowest BCUT2D eigenvalue weighted by molar-refractivity contribution is -0.116. The quantitative estimate of drug-likeness (QED) is 0.798. The van der Waals surface area contributed by atoms with E-state index in [0.29, 0.717) is 22.9 Å². The Morgan fingerprint density at radius 1 is 1.27 bits per heavy atom. The van der Waals surface area contributed by atoms with Crippen LogP contribution in [0.4, 0.5) is 5.00 Å². The topological polar surface area (TPSA) is 72.2 Å². The van der Waals surface area contributed by atoms with Gasteiger partial charge in [-0.2, -0.15) is 0 Å². The number of benzene rings is 1. The van der Waals surface area contributed by atoms with E-state index in [1.807, 2.05) is 0 Å². The highest BCUT2D eigenvalue weighted by atomic mass is 32.1. The lowest BCUT2D eigenvalue weighted by Crippen LogP contribution is -2.19. The van der Waals surface area contributed by atoms with Crippen molar-refractivity contribution in [2.24, 2.45) is 11.7 Å². The number of carbonyl (C=O) groups is 2. The Hall–Kier alpha value is -2.14. The summed E-state index contributed by atoms with van der Waals surface area (Å²) in [6, 6.07) is 8.39.